The second-order valence-electron chi connectivity index (χ2n) is 3.39. The summed E-state index contributed by atoms with van der Waals surface area (Å²) >= 11 is 0. The average molecular weight is 211 g/mol. The van der Waals surface area contributed by atoms with Crippen molar-refractivity contribution >= 4 is 6.08 Å². The van der Waals surface area contributed by atoms with Gasteiger partial charge < -0.3 is 5.11 Å². The van der Waals surface area contributed by atoms with E-state index in [1.54, 1.807) is 12.3 Å². The van der Waals surface area contributed by atoms with E-state index in [2.05, 4.69) is 4.98 Å². The molecule has 0 spiro atoms. The molecule has 1 heterocycles. The molecule has 0 bridgehead atoms. The lowest BCUT2D eigenvalue weighted by Crippen LogP contribution is -1.87. The van der Waals surface area contributed by atoms with Crippen LogP contribution in [-0.4, -0.2) is 16.7 Å². The van der Waals surface area contributed by atoms with E-state index >= 15 is 0 Å². The summed E-state index contributed by atoms with van der Waals surface area (Å²) in [5.74, 6) is 0. The van der Waals surface area contributed by atoms with Crippen LogP contribution >= 0.6 is 0 Å². The average Bonchev–Trinajstić information content (AvgIpc) is 2.38. The number of rotatable bonds is 3. The van der Waals surface area contributed by atoms with Crippen LogP contribution in [0, 0.1) is 0 Å². The highest BCUT2D eigenvalue weighted by atomic mass is 16.2. The van der Waals surface area contributed by atoms with Gasteiger partial charge in [-0.3, -0.25) is 4.98 Å². The minimum atomic E-state index is 0.0448. The van der Waals surface area contributed by atoms with Gasteiger partial charge in [0, 0.05) is 17.3 Å². The van der Waals surface area contributed by atoms with Crippen LogP contribution in [0.3, 0.4) is 0 Å². The standard InChI is InChI=1S/C14H13NO/c16-11-5-9-13-8-4-10-15-14(13)12-6-2-1-3-7-12/h1-10,16H,11H2/b9-5+. The van der Waals surface area contributed by atoms with E-state index in [9.17, 15) is 0 Å². The molecule has 16 heavy (non-hydrogen) atoms. The summed E-state index contributed by atoms with van der Waals surface area (Å²) in [6, 6.07) is 13.9. The molecule has 2 rings (SSSR count). The topological polar surface area (TPSA) is 33.1 Å². The zero-order valence-corrected chi connectivity index (χ0v) is 8.88. The van der Waals surface area contributed by atoms with Gasteiger partial charge in [-0.05, 0) is 6.07 Å². The number of hydrogen-bond donors (Lipinski definition) is 1. The molecule has 0 fully saturated rings. The fourth-order valence-corrected chi connectivity index (χ4v) is 1.57. The Morgan fingerprint density at radius 3 is 2.62 bits per heavy atom. The van der Waals surface area contributed by atoms with Crippen LogP contribution in [-0.2, 0) is 0 Å². The van der Waals surface area contributed by atoms with Crippen LogP contribution in [0.2, 0.25) is 0 Å². The minimum Gasteiger partial charge on any atom is -0.392 e. The number of pyridine rings is 1. The van der Waals surface area contributed by atoms with Crippen molar-refractivity contribution in [3.05, 3.63) is 60.3 Å². The predicted molar refractivity (Wildman–Crippen MR) is 65.8 cm³/mol. The quantitative estimate of drug-likeness (QED) is 0.846. The predicted octanol–water partition coefficient (Wildman–Crippen LogP) is 2.75. The summed E-state index contributed by atoms with van der Waals surface area (Å²) in [4.78, 5) is 4.37. The molecule has 0 aliphatic rings. The van der Waals surface area contributed by atoms with Gasteiger partial charge in [0.2, 0.25) is 0 Å². The lowest BCUT2D eigenvalue weighted by molar-refractivity contribution is 0.343. The number of aliphatic hydroxyl groups excluding tert-OH is 1. The highest BCUT2D eigenvalue weighted by Gasteiger charge is 2.02. The lowest BCUT2D eigenvalue weighted by atomic mass is 10.1. The number of nitrogens with zero attached hydrogens (tertiary/aromatic N) is 1. The summed E-state index contributed by atoms with van der Waals surface area (Å²) in [5, 5.41) is 8.78. The van der Waals surface area contributed by atoms with Crippen LogP contribution in [0.4, 0.5) is 0 Å². The van der Waals surface area contributed by atoms with Gasteiger partial charge in [-0.1, -0.05) is 48.6 Å². The number of aromatic nitrogens is 1. The van der Waals surface area contributed by atoms with Gasteiger partial charge in [-0.25, -0.2) is 0 Å². The zero-order chi connectivity index (χ0) is 11.2. The molecule has 80 valence electrons. The molecule has 1 aromatic heterocycles. The molecule has 0 saturated heterocycles. The smallest absolute Gasteiger partial charge is 0.0774 e. The Labute approximate surface area is 94.9 Å². The third-order valence-electron chi connectivity index (χ3n) is 2.29. The van der Waals surface area contributed by atoms with Gasteiger partial charge in [0.25, 0.3) is 0 Å². The summed E-state index contributed by atoms with van der Waals surface area (Å²) in [7, 11) is 0. The molecule has 0 unspecified atom stereocenters. The van der Waals surface area contributed by atoms with E-state index in [1.165, 1.54) is 0 Å². The maximum absolute atomic E-state index is 8.78. The fourth-order valence-electron chi connectivity index (χ4n) is 1.57. The van der Waals surface area contributed by atoms with Gasteiger partial charge in [-0.15, -0.1) is 0 Å². The van der Waals surface area contributed by atoms with Gasteiger partial charge in [0.05, 0.1) is 12.3 Å². The Balaban J connectivity index is 2.45. The molecule has 2 nitrogen and oxygen atoms in total. The number of aliphatic hydroxyl groups is 1. The van der Waals surface area contributed by atoms with E-state index in [0.717, 1.165) is 16.8 Å². The van der Waals surface area contributed by atoms with Crippen LogP contribution in [0.5, 0.6) is 0 Å². The third-order valence-corrected chi connectivity index (χ3v) is 2.29. The SMILES string of the molecule is OC/C=C/c1cccnc1-c1ccccc1. The maximum atomic E-state index is 8.78. The second kappa shape index (κ2) is 5.24. The van der Waals surface area contributed by atoms with E-state index in [-0.39, 0.29) is 6.61 Å². The normalized spacial score (nSPS) is 10.8. The zero-order valence-electron chi connectivity index (χ0n) is 8.88. The molecule has 1 N–H and O–H groups in total. The molecule has 2 aromatic rings. The van der Waals surface area contributed by atoms with Crippen molar-refractivity contribution in [1.29, 1.82) is 0 Å². The van der Waals surface area contributed by atoms with Crippen LogP contribution in [0.25, 0.3) is 17.3 Å². The van der Waals surface area contributed by atoms with E-state index in [0.29, 0.717) is 0 Å². The summed E-state index contributed by atoms with van der Waals surface area (Å²) in [6.07, 6.45) is 5.37. The first-order valence-electron chi connectivity index (χ1n) is 5.19. The Morgan fingerprint density at radius 2 is 1.88 bits per heavy atom. The van der Waals surface area contributed by atoms with Crippen LogP contribution < -0.4 is 0 Å². The van der Waals surface area contributed by atoms with Crippen LogP contribution in [0.15, 0.2) is 54.7 Å². The Morgan fingerprint density at radius 1 is 1.06 bits per heavy atom. The first-order chi connectivity index (χ1) is 7.92. The number of benzene rings is 1. The number of hydrogen-bond acceptors (Lipinski definition) is 2. The third kappa shape index (κ3) is 2.35. The molecule has 0 saturated carbocycles. The van der Waals surface area contributed by atoms with Crippen molar-refractivity contribution in [3.8, 4) is 11.3 Å². The summed E-state index contributed by atoms with van der Waals surface area (Å²) < 4.78 is 0. The molecule has 0 aliphatic carbocycles. The molecule has 0 aliphatic heterocycles. The van der Waals surface area contributed by atoms with Crippen molar-refractivity contribution < 1.29 is 5.11 Å². The van der Waals surface area contributed by atoms with Gasteiger partial charge in [0.15, 0.2) is 0 Å². The first-order valence-corrected chi connectivity index (χ1v) is 5.19. The van der Waals surface area contributed by atoms with Crippen molar-refractivity contribution in [2.75, 3.05) is 6.61 Å². The lowest BCUT2D eigenvalue weighted by Gasteiger charge is -2.04. The van der Waals surface area contributed by atoms with Crippen molar-refractivity contribution in [2.45, 2.75) is 0 Å². The molecular weight excluding hydrogens is 198 g/mol. The minimum absolute atomic E-state index is 0.0448. The Bertz CT molecular complexity index is 477. The monoisotopic (exact) mass is 211 g/mol. The summed E-state index contributed by atoms with van der Waals surface area (Å²) in [5.41, 5.74) is 3.04. The van der Waals surface area contributed by atoms with E-state index in [1.807, 2.05) is 48.5 Å². The molecule has 0 radical (unpaired) electrons. The molecule has 0 atom stereocenters. The van der Waals surface area contributed by atoms with Crippen LogP contribution in [0.1, 0.15) is 5.56 Å². The van der Waals surface area contributed by atoms with Gasteiger partial charge in [-0.2, -0.15) is 0 Å². The first kappa shape index (κ1) is 10.6. The maximum Gasteiger partial charge on any atom is 0.0774 e. The highest BCUT2D eigenvalue weighted by molar-refractivity contribution is 5.71. The van der Waals surface area contributed by atoms with Gasteiger partial charge >= 0.3 is 0 Å². The fraction of sp³-hybridized carbons (Fsp3) is 0.0714. The Kier molecular flexibility index (Phi) is 3.46. The molecule has 1 aromatic carbocycles. The molecule has 2 heteroatoms. The van der Waals surface area contributed by atoms with Gasteiger partial charge in [0.1, 0.15) is 0 Å². The Hall–Kier alpha value is -1.93. The summed E-state index contributed by atoms with van der Waals surface area (Å²) in [6.45, 7) is 0.0448. The van der Waals surface area contributed by atoms with E-state index < -0.39 is 0 Å². The largest absolute Gasteiger partial charge is 0.392 e. The van der Waals surface area contributed by atoms with Crippen molar-refractivity contribution in [1.82, 2.24) is 4.98 Å². The van der Waals surface area contributed by atoms with Crippen molar-refractivity contribution in [2.24, 2.45) is 0 Å². The molecular formula is C14H13NO. The van der Waals surface area contributed by atoms with E-state index in [4.69, 9.17) is 5.11 Å². The highest BCUT2D eigenvalue weighted by Crippen LogP contribution is 2.21. The van der Waals surface area contributed by atoms with Crippen molar-refractivity contribution in [3.63, 3.8) is 0 Å². The second-order valence-corrected chi connectivity index (χ2v) is 3.39. The molecule has 0 amide bonds.